The number of ether oxygens (including phenoxy) is 1. The van der Waals surface area contributed by atoms with Crippen LogP contribution in [0.3, 0.4) is 0 Å². The highest BCUT2D eigenvalue weighted by Crippen LogP contribution is 2.24. The van der Waals surface area contributed by atoms with Crippen molar-refractivity contribution in [3.05, 3.63) is 88.1 Å². The first-order chi connectivity index (χ1) is 15.6. The molecule has 3 aromatic rings. The van der Waals surface area contributed by atoms with E-state index in [2.05, 4.69) is 10.2 Å². The maximum atomic E-state index is 12.9. The molecule has 0 radical (unpaired) electrons. The molecule has 1 saturated heterocycles. The molecular weight excluding hydrogens is 422 g/mol. The lowest BCUT2D eigenvalue weighted by atomic mass is 9.98. The van der Waals surface area contributed by atoms with Crippen molar-refractivity contribution in [3.63, 3.8) is 0 Å². The van der Waals surface area contributed by atoms with Crippen molar-refractivity contribution in [1.29, 1.82) is 0 Å². The van der Waals surface area contributed by atoms with Crippen LogP contribution in [0.5, 0.6) is 5.75 Å². The van der Waals surface area contributed by atoms with Crippen LogP contribution in [0.25, 0.3) is 0 Å². The quantitative estimate of drug-likeness (QED) is 0.601. The number of hydrogen-bond donors (Lipinski definition) is 1. The Labute approximate surface area is 192 Å². The predicted octanol–water partition coefficient (Wildman–Crippen LogP) is 3.42. The van der Waals surface area contributed by atoms with Crippen LogP contribution in [0.4, 0.5) is 0 Å². The highest BCUT2D eigenvalue weighted by Gasteiger charge is 2.25. The fraction of sp³-hybridized carbons (Fsp3) is 0.280. The molecule has 2 aromatic carbocycles. The molecule has 1 fully saturated rings. The van der Waals surface area contributed by atoms with E-state index in [1.807, 2.05) is 77.0 Å². The summed E-state index contributed by atoms with van der Waals surface area (Å²) in [5, 5.41) is 5.11. The topological polar surface area (TPSA) is 61.9 Å². The van der Waals surface area contributed by atoms with Gasteiger partial charge in [-0.25, -0.2) is 0 Å². The molecule has 1 aliphatic heterocycles. The van der Waals surface area contributed by atoms with Gasteiger partial charge in [0.1, 0.15) is 5.75 Å². The number of carbonyl (C=O) groups is 2. The zero-order valence-corrected chi connectivity index (χ0v) is 18.9. The number of methoxy groups -OCH3 is 1. The summed E-state index contributed by atoms with van der Waals surface area (Å²) in [5.41, 5.74) is 2.02. The van der Waals surface area contributed by atoms with Gasteiger partial charge in [0, 0.05) is 26.2 Å². The number of amides is 2. The lowest BCUT2D eigenvalue weighted by molar-refractivity contribution is -0.123. The van der Waals surface area contributed by atoms with E-state index in [0.717, 1.165) is 21.8 Å². The molecule has 0 bridgehead atoms. The average Bonchev–Trinajstić information content (AvgIpc) is 3.38. The number of rotatable bonds is 7. The highest BCUT2D eigenvalue weighted by atomic mass is 32.1. The van der Waals surface area contributed by atoms with Gasteiger partial charge in [0.15, 0.2) is 0 Å². The molecule has 0 spiro atoms. The monoisotopic (exact) mass is 449 g/mol. The molecule has 1 N–H and O–H groups in total. The minimum atomic E-state index is -0.240. The number of nitrogens with zero attached hydrogens (tertiary/aromatic N) is 2. The van der Waals surface area contributed by atoms with Crippen LogP contribution in [-0.2, 0) is 4.79 Å². The Kier molecular flexibility index (Phi) is 7.19. The minimum Gasteiger partial charge on any atom is -0.497 e. The zero-order chi connectivity index (χ0) is 22.3. The van der Waals surface area contributed by atoms with Crippen molar-refractivity contribution in [1.82, 2.24) is 15.1 Å². The van der Waals surface area contributed by atoms with Crippen LogP contribution < -0.4 is 10.1 Å². The van der Waals surface area contributed by atoms with Crippen LogP contribution in [0.2, 0.25) is 0 Å². The summed E-state index contributed by atoms with van der Waals surface area (Å²) in [4.78, 5) is 30.2. The molecule has 6 nitrogen and oxygen atoms in total. The Morgan fingerprint density at radius 2 is 1.62 bits per heavy atom. The van der Waals surface area contributed by atoms with E-state index in [0.29, 0.717) is 32.7 Å². The van der Waals surface area contributed by atoms with Crippen LogP contribution in [0, 0.1) is 0 Å². The van der Waals surface area contributed by atoms with E-state index in [9.17, 15) is 9.59 Å². The average molecular weight is 450 g/mol. The van der Waals surface area contributed by atoms with E-state index in [4.69, 9.17) is 4.74 Å². The first-order valence-electron chi connectivity index (χ1n) is 10.7. The summed E-state index contributed by atoms with van der Waals surface area (Å²) in [5.74, 6) is 0.822. The normalized spacial score (nSPS) is 15.2. The van der Waals surface area contributed by atoms with E-state index >= 15 is 0 Å². The number of thiophene rings is 1. The second kappa shape index (κ2) is 10.4. The Hall–Kier alpha value is -3.16. The number of nitrogens with one attached hydrogen (secondary N) is 1. The third kappa shape index (κ3) is 5.36. The first kappa shape index (κ1) is 22.0. The predicted molar refractivity (Wildman–Crippen MR) is 126 cm³/mol. The Morgan fingerprint density at radius 1 is 0.938 bits per heavy atom. The van der Waals surface area contributed by atoms with Gasteiger partial charge in [-0.15, -0.1) is 11.3 Å². The Balaban J connectivity index is 1.37. The van der Waals surface area contributed by atoms with E-state index in [1.165, 1.54) is 11.3 Å². The SMILES string of the molecule is COc1ccc([C@@H](NC(=O)CN2CCN(C(=O)c3cccs3)CC2)c2ccccc2)cc1. The van der Waals surface area contributed by atoms with Crippen LogP contribution >= 0.6 is 11.3 Å². The Morgan fingerprint density at radius 3 is 2.25 bits per heavy atom. The lowest BCUT2D eigenvalue weighted by Gasteiger charge is -2.34. The fourth-order valence-corrected chi connectivity index (χ4v) is 4.57. The van der Waals surface area contributed by atoms with Crippen LogP contribution in [0.1, 0.15) is 26.8 Å². The van der Waals surface area contributed by atoms with Crippen LogP contribution in [-0.4, -0.2) is 61.4 Å². The van der Waals surface area contributed by atoms with Gasteiger partial charge in [-0.3, -0.25) is 14.5 Å². The number of piperazine rings is 1. The first-order valence-corrected chi connectivity index (χ1v) is 11.6. The third-order valence-corrected chi connectivity index (χ3v) is 6.50. The van der Waals surface area contributed by atoms with Gasteiger partial charge in [-0.2, -0.15) is 0 Å². The number of hydrogen-bond acceptors (Lipinski definition) is 5. The summed E-state index contributed by atoms with van der Waals surface area (Å²) >= 11 is 1.46. The summed E-state index contributed by atoms with van der Waals surface area (Å²) < 4.78 is 5.26. The van der Waals surface area contributed by atoms with Gasteiger partial charge in [0.2, 0.25) is 5.91 Å². The maximum Gasteiger partial charge on any atom is 0.264 e. The smallest absolute Gasteiger partial charge is 0.264 e. The van der Waals surface area contributed by atoms with Gasteiger partial charge in [0.05, 0.1) is 24.6 Å². The van der Waals surface area contributed by atoms with E-state index in [1.54, 1.807) is 7.11 Å². The molecule has 2 heterocycles. The second-order valence-corrected chi connectivity index (χ2v) is 8.68. The number of carbonyl (C=O) groups excluding carboxylic acids is 2. The molecule has 1 atom stereocenters. The van der Waals surface area contributed by atoms with Gasteiger partial charge in [-0.1, -0.05) is 48.5 Å². The van der Waals surface area contributed by atoms with Gasteiger partial charge >= 0.3 is 0 Å². The molecule has 166 valence electrons. The van der Waals surface area contributed by atoms with E-state index < -0.39 is 0 Å². The number of benzene rings is 2. The highest BCUT2D eigenvalue weighted by molar-refractivity contribution is 7.12. The summed E-state index contributed by atoms with van der Waals surface area (Å²) in [6.45, 7) is 2.93. The summed E-state index contributed by atoms with van der Waals surface area (Å²) in [6, 6.07) is 21.2. The van der Waals surface area contributed by atoms with Crippen molar-refractivity contribution in [3.8, 4) is 5.75 Å². The standard InChI is InChI=1S/C25H27N3O3S/c1-31-21-11-9-20(10-12-21)24(19-6-3-2-4-7-19)26-23(29)18-27-13-15-28(16-14-27)25(30)22-8-5-17-32-22/h2-12,17,24H,13-16,18H2,1H3,(H,26,29)/t24-/m0/s1. The largest absolute Gasteiger partial charge is 0.497 e. The molecule has 32 heavy (non-hydrogen) atoms. The van der Waals surface area contributed by atoms with Gasteiger partial charge in [0.25, 0.3) is 5.91 Å². The zero-order valence-electron chi connectivity index (χ0n) is 18.1. The molecule has 0 saturated carbocycles. The molecule has 7 heteroatoms. The van der Waals surface area contributed by atoms with Crippen molar-refractivity contribution in [2.45, 2.75) is 6.04 Å². The molecule has 2 amide bonds. The lowest BCUT2D eigenvalue weighted by Crippen LogP contribution is -2.51. The maximum absolute atomic E-state index is 12.9. The summed E-state index contributed by atoms with van der Waals surface area (Å²) in [7, 11) is 1.64. The third-order valence-electron chi connectivity index (χ3n) is 5.65. The molecule has 1 aliphatic rings. The Bertz CT molecular complexity index is 1010. The molecule has 4 rings (SSSR count). The van der Waals surface area contributed by atoms with Gasteiger partial charge < -0.3 is 15.0 Å². The molecule has 0 aliphatic carbocycles. The fourth-order valence-electron chi connectivity index (χ4n) is 3.88. The molecule has 0 unspecified atom stereocenters. The van der Waals surface area contributed by atoms with Crippen molar-refractivity contribution in [2.75, 3.05) is 39.8 Å². The van der Waals surface area contributed by atoms with Gasteiger partial charge in [-0.05, 0) is 34.7 Å². The van der Waals surface area contributed by atoms with Crippen molar-refractivity contribution in [2.24, 2.45) is 0 Å². The van der Waals surface area contributed by atoms with Crippen molar-refractivity contribution >= 4 is 23.2 Å². The minimum absolute atomic E-state index is 0.0345. The van der Waals surface area contributed by atoms with Crippen LogP contribution in [0.15, 0.2) is 72.1 Å². The molecule has 1 aromatic heterocycles. The van der Waals surface area contributed by atoms with Crippen molar-refractivity contribution < 1.29 is 14.3 Å². The molecular formula is C25H27N3O3S. The second-order valence-electron chi connectivity index (χ2n) is 7.73. The van der Waals surface area contributed by atoms with E-state index in [-0.39, 0.29) is 17.9 Å². The summed E-state index contributed by atoms with van der Waals surface area (Å²) in [6.07, 6.45) is 0.